The van der Waals surface area contributed by atoms with E-state index in [1.807, 2.05) is 84.9 Å². The van der Waals surface area contributed by atoms with E-state index in [9.17, 15) is 0 Å². The SMILES string of the molecule is CC(C)(c1ccc(OCC2CO2)c(CC2CO2)c1)c1ccc(OCC2CO2)c(CC2CO2)c1.CC(C)(c1ccc(OCC2CO2)cc1)c1ccc(OCC2CO2)cc1.c1cc(-c2ccc(OCC3CO3)cc2)ccc1OCC1CO1.c1cc(OC2CO2)c2cccc(OCC3CO3)c2c1.c1ccc2c(c1)-c1ccccc1C2(c1ccc(OCC2CO2)cc1)c1ccc(OCC2CO2)cc1. The first-order valence-electron chi connectivity index (χ1n) is 47.1. The van der Waals surface area contributed by atoms with Gasteiger partial charge in [0.1, 0.15) is 178 Å². The van der Waals surface area contributed by atoms with Gasteiger partial charge in [-0.2, -0.15) is 0 Å². The van der Waals surface area contributed by atoms with Crippen molar-refractivity contribution in [2.45, 2.75) is 130 Å². The molecule has 12 atom stereocenters. The molecule has 694 valence electrons. The molecule has 0 spiro atoms. The van der Waals surface area contributed by atoms with E-state index in [1.165, 1.54) is 66.8 Å². The van der Waals surface area contributed by atoms with E-state index < -0.39 is 5.41 Å². The molecule has 13 aliphatic rings. The lowest BCUT2D eigenvalue weighted by Gasteiger charge is -2.34. The Kier molecular flexibility index (Phi) is 26.7. The van der Waals surface area contributed by atoms with Gasteiger partial charge in [-0.3, -0.25) is 0 Å². The molecular formula is C112H114O22. The number of ether oxygens (including phenoxy) is 22. The fourth-order valence-electron chi connectivity index (χ4n) is 16.7. The first-order chi connectivity index (χ1) is 65.7. The van der Waals surface area contributed by atoms with Crippen molar-refractivity contribution in [2.24, 2.45) is 0 Å². The lowest BCUT2D eigenvalue weighted by molar-refractivity contribution is 0.181. The summed E-state index contributed by atoms with van der Waals surface area (Å²) in [7, 11) is 0. The van der Waals surface area contributed by atoms with Crippen LogP contribution in [0.2, 0.25) is 0 Å². The fraction of sp³-hybridized carbons (Fsp3) is 0.375. The van der Waals surface area contributed by atoms with Crippen LogP contribution in [-0.4, -0.2) is 212 Å². The molecule has 134 heavy (non-hydrogen) atoms. The molecule has 0 radical (unpaired) electrons. The summed E-state index contributed by atoms with van der Waals surface area (Å²) >= 11 is 0. The third kappa shape index (κ3) is 23.7. The highest BCUT2D eigenvalue weighted by Crippen LogP contribution is 2.57. The first kappa shape index (κ1) is 89.0. The highest BCUT2D eigenvalue weighted by molar-refractivity contribution is 5.93. The molecule has 12 unspecified atom stereocenters. The van der Waals surface area contributed by atoms with Crippen molar-refractivity contribution in [1.82, 2.24) is 0 Å². The van der Waals surface area contributed by atoms with E-state index >= 15 is 0 Å². The van der Waals surface area contributed by atoms with Crippen molar-refractivity contribution >= 4 is 10.8 Å². The van der Waals surface area contributed by atoms with Gasteiger partial charge in [-0.15, -0.1) is 0 Å². The molecule has 1 aliphatic carbocycles. The summed E-state index contributed by atoms with van der Waals surface area (Å²) in [6, 6.07) is 92.7. The van der Waals surface area contributed by atoms with E-state index in [0.717, 1.165) is 165 Å². The third-order valence-electron chi connectivity index (χ3n) is 25.9. The average Bonchev–Trinajstić information content (AvgIpc) is 1.53. The molecule has 0 saturated carbocycles. The Balaban J connectivity index is 0.000000102. The van der Waals surface area contributed by atoms with Gasteiger partial charge in [-0.1, -0.05) is 198 Å². The minimum Gasteiger partial charge on any atom is -0.491 e. The molecule has 25 rings (SSSR count). The van der Waals surface area contributed by atoms with Crippen molar-refractivity contribution in [2.75, 3.05) is 139 Å². The van der Waals surface area contributed by atoms with E-state index in [2.05, 4.69) is 210 Å². The van der Waals surface area contributed by atoms with E-state index in [4.69, 9.17) is 104 Å². The standard InChI is InChI=1S/C31H26O4.C27H32O6.C21H24O4.C18H18O4.C15H14O4/c1-3-7-29-27(5-1)28-6-2-4-8-30(28)31(29,21-9-13-23(14-10-21)32-17-25-19-34-25)22-11-15-24(16-12-22)33-18-26-20-35-26;1-27(2,19-3-5-25(32-15-23-13-30-23)17(7-19)9-21-11-28-21)20-4-6-26(33-16-24-14-31-24)18(8-20)10-22-12-29-22;1-21(2,15-3-7-17(8-4-15)22-11-19-13-24-19)16-5-9-18(10-6-16)23-12-20-14-25-20;1-5-15(19-9-17-11-21-17)6-2-13(1)14-3-7-16(8-4-14)20-10-18-12-22-18;1-4-12-11(13(5-1)17-8-10-7-16-10)3-2-6-14(12)19-15-9-18-15/h1-16,25-26H,17-20H2;3-8,21-24H,9-16H2,1-2H3;3-10,19-20H,11-14H2,1-2H3;1-8,17-18H,9-12H2;1-6,10,15H,7-9H2. The van der Waals surface area contributed by atoms with Crippen molar-refractivity contribution in [3.8, 4) is 79.7 Å². The Morgan fingerprint density at radius 2 is 0.515 bits per heavy atom. The predicted octanol–water partition coefficient (Wildman–Crippen LogP) is 17.9. The summed E-state index contributed by atoms with van der Waals surface area (Å²) in [4.78, 5) is 0. The second-order valence-corrected chi connectivity index (χ2v) is 37.1. The van der Waals surface area contributed by atoms with Gasteiger partial charge in [0.05, 0.1) is 90.3 Å². The minimum atomic E-state index is -0.427. The van der Waals surface area contributed by atoms with E-state index in [1.54, 1.807) is 0 Å². The molecule has 22 heteroatoms. The van der Waals surface area contributed by atoms with Crippen LogP contribution in [0.5, 0.6) is 57.5 Å². The Morgan fingerprint density at radius 3 is 0.836 bits per heavy atom. The second-order valence-electron chi connectivity index (χ2n) is 37.1. The zero-order valence-corrected chi connectivity index (χ0v) is 76.1. The van der Waals surface area contributed by atoms with Crippen LogP contribution in [0.15, 0.2) is 267 Å². The van der Waals surface area contributed by atoms with Crippen LogP contribution < -0.4 is 47.4 Å². The van der Waals surface area contributed by atoms with Crippen molar-refractivity contribution in [3.63, 3.8) is 0 Å². The number of hydrogen-bond donors (Lipinski definition) is 0. The van der Waals surface area contributed by atoms with Crippen molar-refractivity contribution in [1.29, 1.82) is 0 Å². The van der Waals surface area contributed by atoms with Gasteiger partial charge in [0.15, 0.2) is 0 Å². The summed E-state index contributed by atoms with van der Waals surface area (Å²) in [5.74, 6) is 8.86. The monoisotopic (exact) mass is 1810 g/mol. The highest BCUT2D eigenvalue weighted by Gasteiger charge is 2.47. The molecule has 0 N–H and O–H groups in total. The number of hydrogen-bond acceptors (Lipinski definition) is 22. The van der Waals surface area contributed by atoms with E-state index in [0.29, 0.717) is 78.3 Å². The van der Waals surface area contributed by atoms with Gasteiger partial charge in [0.25, 0.3) is 0 Å². The highest BCUT2D eigenvalue weighted by atomic mass is 16.8. The molecular weight excluding hydrogens is 1700 g/mol. The Labute approximate surface area is 781 Å². The number of rotatable bonds is 40. The molecule has 0 amide bonds. The van der Waals surface area contributed by atoms with Crippen LogP contribution in [-0.2, 0) is 85.9 Å². The lowest BCUT2D eigenvalue weighted by Crippen LogP contribution is -2.28. The summed E-state index contributed by atoms with van der Waals surface area (Å²) in [5.41, 5.74) is 16.7. The zero-order valence-electron chi connectivity index (χ0n) is 76.1. The summed E-state index contributed by atoms with van der Waals surface area (Å²) in [5, 5.41) is 2.11. The number of benzene rings is 12. The minimum absolute atomic E-state index is 0.0870. The predicted molar refractivity (Wildman–Crippen MR) is 504 cm³/mol. The van der Waals surface area contributed by atoms with Crippen LogP contribution >= 0.6 is 0 Å². The number of epoxide rings is 12. The Morgan fingerprint density at radius 1 is 0.246 bits per heavy atom. The van der Waals surface area contributed by atoms with Gasteiger partial charge in [-0.05, 0) is 175 Å². The topological polar surface area (TPSA) is 243 Å². The normalized spacial score (nSPS) is 23.2. The van der Waals surface area contributed by atoms with Crippen LogP contribution in [0.3, 0.4) is 0 Å². The quantitative estimate of drug-likeness (QED) is 0.0324. The molecule has 12 heterocycles. The third-order valence-corrected chi connectivity index (χ3v) is 25.9. The molecule has 22 nitrogen and oxygen atoms in total. The maximum atomic E-state index is 6.08. The lowest BCUT2D eigenvalue weighted by atomic mass is 9.68. The maximum Gasteiger partial charge on any atom is 0.223 e. The van der Waals surface area contributed by atoms with Gasteiger partial charge in [-0.25, -0.2) is 0 Å². The van der Waals surface area contributed by atoms with Crippen LogP contribution in [0, 0.1) is 0 Å². The van der Waals surface area contributed by atoms with Crippen molar-refractivity contribution < 1.29 is 104 Å². The smallest absolute Gasteiger partial charge is 0.223 e. The largest absolute Gasteiger partial charge is 0.491 e. The first-order valence-corrected chi connectivity index (χ1v) is 47.1. The zero-order chi connectivity index (χ0) is 90.4. The Hall–Kier alpha value is -11.6. The molecule has 12 saturated heterocycles. The van der Waals surface area contributed by atoms with Gasteiger partial charge >= 0.3 is 0 Å². The van der Waals surface area contributed by atoms with Crippen LogP contribution in [0.25, 0.3) is 33.0 Å². The van der Waals surface area contributed by atoms with Gasteiger partial charge in [0.2, 0.25) is 6.29 Å². The second kappa shape index (κ2) is 40.1. The molecule has 0 aromatic heterocycles. The molecule has 12 aromatic carbocycles. The maximum absolute atomic E-state index is 6.08. The summed E-state index contributed by atoms with van der Waals surface area (Å²) in [6.45, 7) is 24.2. The van der Waals surface area contributed by atoms with Crippen LogP contribution in [0.4, 0.5) is 0 Å². The average molecular weight is 1810 g/mol. The van der Waals surface area contributed by atoms with E-state index in [-0.39, 0.29) is 72.1 Å². The van der Waals surface area contributed by atoms with Gasteiger partial charge < -0.3 is 104 Å². The van der Waals surface area contributed by atoms with Gasteiger partial charge in [0, 0.05) is 34.4 Å². The molecule has 12 fully saturated rings. The van der Waals surface area contributed by atoms with Crippen molar-refractivity contribution in [3.05, 3.63) is 323 Å². The summed E-state index contributed by atoms with van der Waals surface area (Å²) in [6.07, 6.45) is 4.64. The molecule has 0 bridgehead atoms. The molecule has 12 aromatic rings. The number of fused-ring (bicyclic) bond motifs is 4. The summed E-state index contributed by atoms with van der Waals surface area (Å²) < 4.78 is 121. The fourth-order valence-corrected chi connectivity index (χ4v) is 16.7. The van der Waals surface area contributed by atoms with Crippen LogP contribution in [0.1, 0.15) is 83.3 Å². The molecule has 12 aliphatic heterocycles. The Bertz CT molecular complexity index is 5620.